The Bertz CT molecular complexity index is 496. The smallest absolute Gasteiger partial charge is 0.340 e. The number of carbonyl (C=O) groups excluding carboxylic acids is 1. The summed E-state index contributed by atoms with van der Waals surface area (Å²) in [6.07, 6.45) is 2.16. The highest BCUT2D eigenvalue weighted by molar-refractivity contribution is 5.95. The van der Waals surface area contributed by atoms with Gasteiger partial charge in [0.05, 0.1) is 24.4 Å². The molecule has 2 fully saturated rings. The van der Waals surface area contributed by atoms with Crippen molar-refractivity contribution in [2.24, 2.45) is 0 Å². The lowest BCUT2D eigenvalue weighted by Crippen LogP contribution is -2.43. The predicted octanol–water partition coefficient (Wildman–Crippen LogP) is 1.76. The Balaban J connectivity index is 1.65. The number of hydrogen-bond donors (Lipinski definition) is 1. The lowest BCUT2D eigenvalue weighted by Gasteiger charge is -2.36. The highest BCUT2D eigenvalue weighted by atomic mass is 16.6. The molecular weight excluding hydrogens is 258 g/mol. The largest absolute Gasteiger partial charge is 0.459 e. The molecule has 0 bridgehead atoms. The van der Waals surface area contributed by atoms with Gasteiger partial charge in [-0.2, -0.15) is 0 Å². The molecule has 5 heteroatoms. The fourth-order valence-corrected chi connectivity index (χ4v) is 2.84. The lowest BCUT2D eigenvalue weighted by atomic mass is 9.91. The third kappa shape index (κ3) is 2.64. The molecule has 3 rings (SSSR count). The fraction of sp³-hybridized carbons (Fsp3) is 0.533. The molecule has 2 atom stereocenters. The molecule has 0 saturated carbocycles. The highest BCUT2D eigenvalue weighted by Gasteiger charge is 2.42. The molecule has 0 amide bonds. The van der Waals surface area contributed by atoms with Gasteiger partial charge in [-0.1, -0.05) is 12.1 Å². The van der Waals surface area contributed by atoms with Crippen molar-refractivity contribution >= 4 is 11.7 Å². The molecule has 0 aliphatic carbocycles. The van der Waals surface area contributed by atoms with Gasteiger partial charge in [-0.3, -0.25) is 0 Å². The van der Waals surface area contributed by atoms with Crippen molar-refractivity contribution in [3.05, 3.63) is 29.8 Å². The topological polar surface area (TPSA) is 70.8 Å². The van der Waals surface area contributed by atoms with Crippen molar-refractivity contribution < 1.29 is 19.0 Å². The minimum atomic E-state index is -0.357. The van der Waals surface area contributed by atoms with Gasteiger partial charge in [0.15, 0.2) is 0 Å². The van der Waals surface area contributed by atoms with Crippen LogP contribution in [0.2, 0.25) is 0 Å². The molecule has 0 radical (unpaired) electrons. The van der Waals surface area contributed by atoms with Gasteiger partial charge in [0, 0.05) is 31.6 Å². The van der Waals surface area contributed by atoms with Gasteiger partial charge in [-0.05, 0) is 12.1 Å². The third-order valence-electron chi connectivity index (χ3n) is 3.97. The Morgan fingerprint density at radius 1 is 1.35 bits per heavy atom. The maximum absolute atomic E-state index is 12.2. The van der Waals surface area contributed by atoms with Crippen molar-refractivity contribution in [3.8, 4) is 0 Å². The fourth-order valence-electron chi connectivity index (χ4n) is 2.84. The zero-order valence-corrected chi connectivity index (χ0v) is 11.3. The van der Waals surface area contributed by atoms with Crippen LogP contribution >= 0.6 is 0 Å². The van der Waals surface area contributed by atoms with Crippen LogP contribution in [0.15, 0.2) is 24.3 Å². The number of nitrogen functional groups attached to an aromatic ring is 1. The van der Waals surface area contributed by atoms with Crippen LogP contribution in [0.3, 0.4) is 0 Å². The maximum Gasteiger partial charge on any atom is 0.340 e. The van der Waals surface area contributed by atoms with E-state index in [9.17, 15) is 4.79 Å². The second kappa shape index (κ2) is 5.42. The van der Waals surface area contributed by atoms with Crippen molar-refractivity contribution in [3.63, 3.8) is 0 Å². The van der Waals surface area contributed by atoms with E-state index in [-0.39, 0.29) is 17.7 Å². The molecule has 2 aliphatic rings. The summed E-state index contributed by atoms with van der Waals surface area (Å²) < 4.78 is 16.8. The minimum Gasteiger partial charge on any atom is -0.459 e. The molecule has 2 N–H and O–H groups in total. The molecule has 2 saturated heterocycles. The second-order valence-electron chi connectivity index (χ2n) is 5.44. The van der Waals surface area contributed by atoms with E-state index < -0.39 is 0 Å². The Labute approximate surface area is 118 Å². The summed E-state index contributed by atoms with van der Waals surface area (Å²) in [7, 11) is 0. The number of para-hydroxylation sites is 1. The van der Waals surface area contributed by atoms with E-state index in [2.05, 4.69) is 0 Å². The maximum atomic E-state index is 12.2. The molecule has 0 aromatic heterocycles. The number of ether oxygens (including phenoxy) is 3. The number of nitrogens with two attached hydrogens (primary N) is 1. The van der Waals surface area contributed by atoms with Crippen LogP contribution in [0.5, 0.6) is 0 Å². The zero-order chi connectivity index (χ0) is 14.0. The van der Waals surface area contributed by atoms with Gasteiger partial charge < -0.3 is 19.9 Å². The Morgan fingerprint density at radius 3 is 2.95 bits per heavy atom. The summed E-state index contributed by atoms with van der Waals surface area (Å²) in [5, 5.41) is 0. The van der Waals surface area contributed by atoms with Crippen LogP contribution in [0, 0.1) is 0 Å². The van der Waals surface area contributed by atoms with Gasteiger partial charge in [0.2, 0.25) is 0 Å². The molecule has 1 spiro atoms. The Hall–Kier alpha value is -1.59. The van der Waals surface area contributed by atoms with Crippen LogP contribution in [0.4, 0.5) is 5.69 Å². The van der Waals surface area contributed by atoms with E-state index in [4.69, 9.17) is 19.9 Å². The van der Waals surface area contributed by atoms with Gasteiger partial charge in [-0.25, -0.2) is 4.79 Å². The highest BCUT2D eigenvalue weighted by Crippen LogP contribution is 2.34. The molecule has 2 heterocycles. The Morgan fingerprint density at radius 2 is 2.20 bits per heavy atom. The van der Waals surface area contributed by atoms with E-state index in [0.717, 1.165) is 12.8 Å². The van der Waals surface area contributed by atoms with Crippen molar-refractivity contribution in [2.45, 2.75) is 31.0 Å². The predicted molar refractivity (Wildman–Crippen MR) is 73.4 cm³/mol. The first-order chi connectivity index (χ1) is 9.69. The number of anilines is 1. The number of rotatable bonds is 2. The summed E-state index contributed by atoms with van der Waals surface area (Å²) in [6.45, 7) is 1.91. The van der Waals surface area contributed by atoms with Crippen LogP contribution in [0.25, 0.3) is 0 Å². The molecule has 20 heavy (non-hydrogen) atoms. The molecule has 1 aromatic carbocycles. The van der Waals surface area contributed by atoms with Crippen molar-refractivity contribution in [2.75, 3.05) is 25.6 Å². The first-order valence-electron chi connectivity index (χ1n) is 6.96. The number of esters is 1. The SMILES string of the molecule is Nc1ccccc1C(=O)OC1CCOC2(CCOC2)C1. The third-order valence-corrected chi connectivity index (χ3v) is 3.97. The average molecular weight is 277 g/mol. The normalized spacial score (nSPS) is 29.5. The van der Waals surface area contributed by atoms with Crippen LogP contribution in [0.1, 0.15) is 29.6 Å². The molecule has 2 unspecified atom stereocenters. The van der Waals surface area contributed by atoms with E-state index >= 15 is 0 Å². The summed E-state index contributed by atoms with van der Waals surface area (Å²) in [5.74, 6) is -0.357. The molecule has 2 aliphatic heterocycles. The van der Waals surface area contributed by atoms with Crippen molar-refractivity contribution in [1.82, 2.24) is 0 Å². The molecule has 1 aromatic rings. The first kappa shape index (κ1) is 13.4. The first-order valence-corrected chi connectivity index (χ1v) is 6.96. The second-order valence-corrected chi connectivity index (χ2v) is 5.44. The number of hydrogen-bond acceptors (Lipinski definition) is 5. The van der Waals surface area contributed by atoms with E-state index in [1.807, 2.05) is 0 Å². The van der Waals surface area contributed by atoms with Crippen molar-refractivity contribution in [1.29, 1.82) is 0 Å². The summed E-state index contributed by atoms with van der Waals surface area (Å²) in [5.41, 5.74) is 6.41. The molecule has 5 nitrogen and oxygen atoms in total. The zero-order valence-electron chi connectivity index (χ0n) is 11.3. The van der Waals surface area contributed by atoms with Gasteiger partial charge in [0.1, 0.15) is 6.10 Å². The van der Waals surface area contributed by atoms with Gasteiger partial charge in [0.25, 0.3) is 0 Å². The van der Waals surface area contributed by atoms with E-state index in [1.165, 1.54) is 0 Å². The van der Waals surface area contributed by atoms with Gasteiger partial charge >= 0.3 is 5.97 Å². The quantitative estimate of drug-likeness (QED) is 0.659. The van der Waals surface area contributed by atoms with E-state index in [0.29, 0.717) is 37.5 Å². The monoisotopic (exact) mass is 277 g/mol. The molecular formula is C15H19NO4. The number of benzene rings is 1. The Kier molecular flexibility index (Phi) is 3.63. The standard InChI is InChI=1S/C15H19NO4/c16-13-4-2-1-3-12(13)14(17)20-11-5-7-19-15(9-11)6-8-18-10-15/h1-4,11H,5-10,16H2. The average Bonchev–Trinajstić information content (AvgIpc) is 2.87. The molecule has 108 valence electrons. The lowest BCUT2D eigenvalue weighted by molar-refractivity contribution is -0.120. The van der Waals surface area contributed by atoms with Gasteiger partial charge in [-0.15, -0.1) is 0 Å². The summed E-state index contributed by atoms with van der Waals surface area (Å²) in [6, 6.07) is 6.97. The minimum absolute atomic E-state index is 0.127. The van der Waals surface area contributed by atoms with Crippen LogP contribution < -0.4 is 5.73 Å². The summed E-state index contributed by atoms with van der Waals surface area (Å²) >= 11 is 0. The van der Waals surface area contributed by atoms with Crippen LogP contribution in [-0.2, 0) is 14.2 Å². The summed E-state index contributed by atoms with van der Waals surface area (Å²) in [4.78, 5) is 12.2. The van der Waals surface area contributed by atoms with E-state index in [1.54, 1.807) is 24.3 Å². The van der Waals surface area contributed by atoms with Crippen LogP contribution in [-0.4, -0.2) is 37.5 Å². The number of carbonyl (C=O) groups is 1.